The monoisotopic (exact) mass is 364 g/mol. The van der Waals surface area contributed by atoms with Gasteiger partial charge in [-0.05, 0) is 50.6 Å². The van der Waals surface area contributed by atoms with Gasteiger partial charge >= 0.3 is 0 Å². The van der Waals surface area contributed by atoms with Crippen LogP contribution in [0, 0.1) is 5.92 Å². The van der Waals surface area contributed by atoms with Gasteiger partial charge in [0.1, 0.15) is 18.2 Å². The maximum Gasteiger partial charge on any atom is 0.227 e. The van der Waals surface area contributed by atoms with E-state index in [2.05, 4.69) is 22.5 Å². The molecule has 2 heterocycles. The molecule has 0 aliphatic carbocycles. The van der Waals surface area contributed by atoms with E-state index in [1.807, 2.05) is 42.1 Å². The largest absolute Gasteiger partial charge is 0.486 e. The number of aromatic nitrogens is 2. The standard InChI is InChI=1S/C18H24N4O2.ClH/c1-13-11-14(7-8-19-13)18(23)21-15-3-5-16(6-4-15)24-12-17-20-9-10-22(17)2;/h3-6,9-10,13-14,19H,7-8,11-12H2,1-2H3,(H,21,23);1H/t13-,14-;/m0./s1. The highest BCUT2D eigenvalue weighted by molar-refractivity contribution is 5.92. The van der Waals surface area contributed by atoms with Crippen LogP contribution in [0.4, 0.5) is 5.69 Å². The second-order valence-electron chi connectivity index (χ2n) is 6.33. The summed E-state index contributed by atoms with van der Waals surface area (Å²) in [7, 11) is 1.94. The Kier molecular flexibility index (Phi) is 6.84. The molecule has 1 aromatic carbocycles. The molecule has 0 bridgehead atoms. The number of ether oxygens (including phenoxy) is 1. The van der Waals surface area contributed by atoms with Gasteiger partial charge in [0.05, 0.1) is 0 Å². The maximum absolute atomic E-state index is 12.3. The van der Waals surface area contributed by atoms with Crippen molar-refractivity contribution < 1.29 is 9.53 Å². The van der Waals surface area contributed by atoms with Crippen LogP contribution in [-0.4, -0.2) is 28.0 Å². The first kappa shape index (κ1) is 19.3. The van der Waals surface area contributed by atoms with E-state index in [9.17, 15) is 4.79 Å². The van der Waals surface area contributed by atoms with Gasteiger partial charge in [-0.25, -0.2) is 4.98 Å². The Morgan fingerprint density at radius 2 is 2.16 bits per heavy atom. The molecular formula is C18H25ClN4O2. The summed E-state index contributed by atoms with van der Waals surface area (Å²) in [5, 5.41) is 6.36. The highest BCUT2D eigenvalue weighted by atomic mass is 35.5. The van der Waals surface area contributed by atoms with E-state index in [4.69, 9.17) is 4.74 Å². The lowest BCUT2D eigenvalue weighted by Gasteiger charge is -2.27. The smallest absolute Gasteiger partial charge is 0.227 e. The lowest BCUT2D eigenvalue weighted by Crippen LogP contribution is -2.40. The fourth-order valence-corrected chi connectivity index (χ4v) is 2.93. The van der Waals surface area contributed by atoms with Gasteiger partial charge in [0.15, 0.2) is 0 Å². The highest BCUT2D eigenvalue weighted by Crippen LogP contribution is 2.21. The highest BCUT2D eigenvalue weighted by Gasteiger charge is 2.24. The number of aryl methyl sites for hydroxylation is 1. The second kappa shape index (κ2) is 8.87. The quantitative estimate of drug-likeness (QED) is 0.856. The number of hydrogen-bond donors (Lipinski definition) is 2. The van der Waals surface area contributed by atoms with Gasteiger partial charge in [-0.2, -0.15) is 0 Å². The Labute approximate surface area is 154 Å². The number of halogens is 1. The number of amides is 1. The third-order valence-electron chi connectivity index (χ3n) is 4.41. The van der Waals surface area contributed by atoms with Gasteiger partial charge in [0.25, 0.3) is 0 Å². The normalized spacial score (nSPS) is 19.8. The van der Waals surface area contributed by atoms with Gasteiger partial charge in [0.2, 0.25) is 5.91 Å². The Hall–Kier alpha value is -2.05. The number of nitrogens with zero attached hydrogens (tertiary/aromatic N) is 2. The van der Waals surface area contributed by atoms with Crippen LogP contribution < -0.4 is 15.4 Å². The minimum Gasteiger partial charge on any atom is -0.486 e. The lowest BCUT2D eigenvalue weighted by molar-refractivity contribution is -0.120. The van der Waals surface area contributed by atoms with Gasteiger partial charge < -0.3 is 19.9 Å². The summed E-state index contributed by atoms with van der Waals surface area (Å²) in [4.78, 5) is 16.6. The molecule has 25 heavy (non-hydrogen) atoms. The van der Waals surface area contributed by atoms with Crippen molar-refractivity contribution in [3.63, 3.8) is 0 Å². The number of hydrogen-bond acceptors (Lipinski definition) is 4. The Bertz CT molecular complexity index is 687. The molecule has 7 heteroatoms. The maximum atomic E-state index is 12.3. The van der Waals surface area contributed by atoms with Crippen molar-refractivity contribution in [2.24, 2.45) is 13.0 Å². The van der Waals surface area contributed by atoms with Crippen LogP contribution in [0.5, 0.6) is 5.75 Å². The minimum atomic E-state index is 0. The van der Waals surface area contributed by atoms with E-state index in [-0.39, 0.29) is 24.2 Å². The number of carbonyl (C=O) groups is 1. The molecule has 1 aromatic heterocycles. The van der Waals surface area contributed by atoms with Crippen molar-refractivity contribution in [3.05, 3.63) is 42.5 Å². The molecule has 2 atom stereocenters. The summed E-state index contributed by atoms with van der Waals surface area (Å²) in [5.74, 6) is 1.81. The Morgan fingerprint density at radius 3 is 2.80 bits per heavy atom. The second-order valence-corrected chi connectivity index (χ2v) is 6.33. The molecule has 1 amide bonds. The Balaban J connectivity index is 0.00000225. The van der Waals surface area contributed by atoms with E-state index in [0.29, 0.717) is 12.6 Å². The molecule has 2 N–H and O–H groups in total. The molecule has 1 saturated heterocycles. The first-order valence-electron chi connectivity index (χ1n) is 8.35. The summed E-state index contributed by atoms with van der Waals surface area (Å²) in [5.41, 5.74) is 0.801. The first-order valence-corrected chi connectivity index (χ1v) is 8.35. The average molecular weight is 365 g/mol. The van der Waals surface area contributed by atoms with Crippen molar-refractivity contribution in [1.29, 1.82) is 0 Å². The zero-order valence-electron chi connectivity index (χ0n) is 14.6. The zero-order valence-corrected chi connectivity index (χ0v) is 15.4. The molecule has 2 aromatic rings. The summed E-state index contributed by atoms with van der Waals surface area (Å²) in [6, 6.07) is 7.87. The number of piperidine rings is 1. The van der Waals surface area contributed by atoms with Gasteiger partial charge in [0, 0.05) is 37.1 Å². The van der Waals surface area contributed by atoms with Crippen LogP contribution in [0.15, 0.2) is 36.7 Å². The number of nitrogens with one attached hydrogen (secondary N) is 2. The van der Waals surface area contributed by atoms with E-state index >= 15 is 0 Å². The van der Waals surface area contributed by atoms with Crippen molar-refractivity contribution in [2.45, 2.75) is 32.4 Å². The molecule has 1 fully saturated rings. The van der Waals surface area contributed by atoms with Crippen LogP contribution in [0.1, 0.15) is 25.6 Å². The summed E-state index contributed by atoms with van der Waals surface area (Å²) in [6.45, 7) is 3.44. The van der Waals surface area contributed by atoms with Crippen molar-refractivity contribution in [1.82, 2.24) is 14.9 Å². The van der Waals surface area contributed by atoms with Crippen LogP contribution in [0.3, 0.4) is 0 Å². The molecule has 1 aliphatic heterocycles. The fraction of sp³-hybridized carbons (Fsp3) is 0.444. The van der Waals surface area contributed by atoms with Gasteiger partial charge in [-0.15, -0.1) is 12.4 Å². The van der Waals surface area contributed by atoms with Crippen molar-refractivity contribution >= 4 is 24.0 Å². The van der Waals surface area contributed by atoms with Crippen LogP contribution in [0.25, 0.3) is 0 Å². The van der Waals surface area contributed by atoms with Gasteiger partial charge in [-0.1, -0.05) is 0 Å². The number of anilines is 1. The molecule has 3 rings (SSSR count). The average Bonchev–Trinajstić information content (AvgIpc) is 2.99. The SMILES string of the molecule is C[C@H]1C[C@@H](C(=O)Nc2ccc(OCc3nccn3C)cc2)CCN1.Cl. The molecule has 6 nitrogen and oxygen atoms in total. The lowest BCUT2D eigenvalue weighted by atomic mass is 9.92. The van der Waals surface area contributed by atoms with E-state index < -0.39 is 0 Å². The predicted octanol–water partition coefficient (Wildman–Crippen LogP) is 2.75. The van der Waals surface area contributed by atoms with Crippen LogP contribution >= 0.6 is 12.4 Å². The molecule has 1 aliphatic rings. The zero-order chi connectivity index (χ0) is 16.9. The van der Waals surface area contributed by atoms with Crippen molar-refractivity contribution in [2.75, 3.05) is 11.9 Å². The van der Waals surface area contributed by atoms with E-state index in [0.717, 1.165) is 36.6 Å². The molecule has 0 unspecified atom stereocenters. The van der Waals surface area contributed by atoms with E-state index in [1.165, 1.54) is 0 Å². The molecular weight excluding hydrogens is 340 g/mol. The van der Waals surface area contributed by atoms with Crippen LogP contribution in [0.2, 0.25) is 0 Å². The third kappa shape index (κ3) is 5.21. The Morgan fingerprint density at radius 1 is 1.40 bits per heavy atom. The molecule has 0 spiro atoms. The number of imidazole rings is 1. The molecule has 136 valence electrons. The summed E-state index contributed by atoms with van der Waals surface area (Å²) in [6.07, 6.45) is 5.41. The first-order chi connectivity index (χ1) is 11.6. The summed E-state index contributed by atoms with van der Waals surface area (Å²) < 4.78 is 7.64. The minimum absolute atomic E-state index is 0. The number of benzene rings is 1. The number of rotatable bonds is 5. The fourth-order valence-electron chi connectivity index (χ4n) is 2.93. The van der Waals surface area contributed by atoms with Crippen LogP contribution in [-0.2, 0) is 18.4 Å². The predicted molar refractivity (Wildman–Crippen MR) is 100 cm³/mol. The van der Waals surface area contributed by atoms with E-state index in [1.54, 1.807) is 6.20 Å². The molecule has 0 saturated carbocycles. The van der Waals surface area contributed by atoms with Gasteiger partial charge in [-0.3, -0.25) is 4.79 Å². The third-order valence-corrected chi connectivity index (χ3v) is 4.41. The number of carbonyl (C=O) groups excluding carboxylic acids is 1. The summed E-state index contributed by atoms with van der Waals surface area (Å²) >= 11 is 0. The van der Waals surface area contributed by atoms with Crippen molar-refractivity contribution in [3.8, 4) is 5.75 Å². The topological polar surface area (TPSA) is 68.2 Å². The molecule has 0 radical (unpaired) electrons.